The van der Waals surface area contributed by atoms with E-state index in [4.69, 9.17) is 15.5 Å². The summed E-state index contributed by atoms with van der Waals surface area (Å²) in [5.74, 6) is 0.791. The molecule has 29 heavy (non-hydrogen) atoms. The molecule has 1 aliphatic heterocycles. The highest BCUT2D eigenvalue weighted by atomic mass is 16.5. The maximum absolute atomic E-state index is 5.87. The second-order valence-electron chi connectivity index (χ2n) is 7.22. The Morgan fingerprint density at radius 1 is 1.24 bits per heavy atom. The summed E-state index contributed by atoms with van der Waals surface area (Å²) in [6.45, 7) is 5.17. The monoisotopic (exact) mass is 393 g/mol. The Hall–Kier alpha value is -3.40. The van der Waals surface area contributed by atoms with Gasteiger partial charge < -0.3 is 30.2 Å². The number of nitrogen functional groups attached to an aromatic ring is 1. The number of aromatic amines is 1. The molecular weight excluding hydrogens is 370 g/mol. The molecule has 1 saturated heterocycles. The van der Waals surface area contributed by atoms with E-state index < -0.39 is 0 Å². The van der Waals surface area contributed by atoms with Gasteiger partial charge in [0.15, 0.2) is 11.5 Å². The van der Waals surface area contributed by atoms with E-state index in [1.807, 2.05) is 19.3 Å². The summed E-state index contributed by atoms with van der Waals surface area (Å²) in [7, 11) is 2.03. The summed E-state index contributed by atoms with van der Waals surface area (Å²) in [4.78, 5) is 23.1. The normalized spacial score (nSPS) is 15.9. The number of nitrogens with one attached hydrogen (secondary N) is 2. The number of nitrogens with two attached hydrogens (primary N) is 1. The fraction of sp³-hybridized carbons (Fsp3) is 0.368. The molecule has 0 amide bonds. The van der Waals surface area contributed by atoms with E-state index in [-0.39, 0.29) is 12.0 Å². The van der Waals surface area contributed by atoms with Gasteiger partial charge in [0.05, 0.1) is 48.0 Å². The number of fused-ring (bicyclic) bond motifs is 2. The van der Waals surface area contributed by atoms with Gasteiger partial charge in [0.25, 0.3) is 0 Å². The molecule has 1 atom stereocenters. The lowest BCUT2D eigenvalue weighted by Gasteiger charge is -2.31. The van der Waals surface area contributed by atoms with E-state index >= 15 is 0 Å². The second kappa shape index (κ2) is 6.89. The van der Waals surface area contributed by atoms with Crippen LogP contribution in [0.4, 0.5) is 17.5 Å². The number of nitrogens with zero attached hydrogens (tertiary/aromatic N) is 6. The number of hydrogen-bond donors (Lipinski definition) is 3. The van der Waals surface area contributed by atoms with Crippen LogP contribution < -0.4 is 16.0 Å². The van der Waals surface area contributed by atoms with Crippen molar-refractivity contribution in [3.63, 3.8) is 0 Å². The van der Waals surface area contributed by atoms with Crippen molar-refractivity contribution in [2.45, 2.75) is 13.0 Å². The molecule has 1 unspecified atom stereocenters. The second-order valence-corrected chi connectivity index (χ2v) is 7.22. The highest BCUT2D eigenvalue weighted by Crippen LogP contribution is 2.32. The quantitative estimate of drug-likeness (QED) is 0.480. The number of imidazole rings is 1. The third-order valence-corrected chi connectivity index (χ3v) is 5.29. The number of anilines is 3. The number of aromatic nitrogens is 6. The molecule has 10 nitrogen and oxygen atoms in total. The Kier molecular flexibility index (Phi) is 4.20. The molecular formula is C19H23N9O. The molecule has 0 aliphatic carbocycles. The summed E-state index contributed by atoms with van der Waals surface area (Å²) >= 11 is 0. The van der Waals surface area contributed by atoms with Gasteiger partial charge in [-0.1, -0.05) is 0 Å². The van der Waals surface area contributed by atoms with Crippen LogP contribution in [0.2, 0.25) is 0 Å². The largest absolute Gasteiger partial charge is 0.378 e. The number of hydrogen-bond acceptors (Lipinski definition) is 8. The average Bonchev–Trinajstić information content (AvgIpc) is 3.34. The summed E-state index contributed by atoms with van der Waals surface area (Å²) in [5.41, 5.74) is 11.2. The topological polar surface area (TPSA) is 123 Å². The van der Waals surface area contributed by atoms with Crippen LogP contribution >= 0.6 is 0 Å². The van der Waals surface area contributed by atoms with Gasteiger partial charge in [-0.3, -0.25) is 0 Å². The van der Waals surface area contributed by atoms with Gasteiger partial charge >= 0.3 is 0 Å². The van der Waals surface area contributed by atoms with E-state index in [1.54, 1.807) is 6.33 Å². The minimum absolute atomic E-state index is 0.113. The molecule has 10 heteroatoms. The van der Waals surface area contributed by atoms with Gasteiger partial charge in [-0.2, -0.15) is 9.97 Å². The van der Waals surface area contributed by atoms with E-state index in [1.165, 1.54) is 0 Å². The number of morpholine rings is 1. The van der Waals surface area contributed by atoms with Crippen molar-refractivity contribution >= 4 is 39.7 Å². The lowest BCUT2D eigenvalue weighted by atomic mass is 10.1. The number of rotatable bonds is 4. The number of ether oxygens (including phenoxy) is 1. The average molecular weight is 393 g/mol. The van der Waals surface area contributed by atoms with Crippen molar-refractivity contribution in [1.29, 1.82) is 0 Å². The van der Waals surface area contributed by atoms with Crippen LogP contribution in [0.15, 0.2) is 24.7 Å². The molecule has 1 fully saturated rings. The first kappa shape index (κ1) is 17.7. The molecule has 5 heterocycles. The lowest BCUT2D eigenvalue weighted by Crippen LogP contribution is -2.37. The minimum Gasteiger partial charge on any atom is -0.378 e. The van der Waals surface area contributed by atoms with E-state index in [2.05, 4.69) is 47.7 Å². The highest BCUT2D eigenvalue weighted by Gasteiger charge is 2.22. The Morgan fingerprint density at radius 3 is 2.90 bits per heavy atom. The maximum atomic E-state index is 5.87. The molecule has 0 bridgehead atoms. The molecule has 5 rings (SSSR count). The zero-order valence-electron chi connectivity index (χ0n) is 16.4. The maximum Gasteiger partial charge on any atom is 0.224 e. The minimum atomic E-state index is -0.113. The van der Waals surface area contributed by atoms with Gasteiger partial charge in [-0.15, -0.1) is 0 Å². The zero-order valence-corrected chi connectivity index (χ0v) is 16.4. The molecule has 150 valence electrons. The van der Waals surface area contributed by atoms with Crippen molar-refractivity contribution in [2.24, 2.45) is 7.05 Å². The first-order chi connectivity index (χ1) is 14.1. The molecule has 0 radical (unpaired) electrons. The van der Waals surface area contributed by atoms with Crippen LogP contribution in [0.3, 0.4) is 0 Å². The van der Waals surface area contributed by atoms with Crippen LogP contribution in [0.5, 0.6) is 0 Å². The van der Waals surface area contributed by atoms with Crippen molar-refractivity contribution < 1.29 is 4.74 Å². The molecule has 0 spiro atoms. The standard InChI is InChI=1S/C19H23N9O/c1-11(23-18-16-17(22-10-21-16)25-19(20)26-18)15-14(28-5-7-29-8-6-28)9-13-12(24-15)3-4-27(13)2/h3-4,9-11H,5-8H2,1-2H3,(H4,20,21,22,23,25,26). The summed E-state index contributed by atoms with van der Waals surface area (Å²) in [6.07, 6.45) is 3.62. The Balaban J connectivity index is 1.57. The van der Waals surface area contributed by atoms with Gasteiger partial charge in [0.1, 0.15) is 5.52 Å². The highest BCUT2D eigenvalue weighted by molar-refractivity contribution is 5.84. The molecule has 0 saturated carbocycles. The van der Waals surface area contributed by atoms with Crippen molar-refractivity contribution in [1.82, 2.24) is 29.5 Å². The lowest BCUT2D eigenvalue weighted by molar-refractivity contribution is 0.122. The molecule has 0 aromatic carbocycles. The van der Waals surface area contributed by atoms with Crippen LogP contribution in [0.1, 0.15) is 18.7 Å². The molecule has 4 N–H and O–H groups in total. The van der Waals surface area contributed by atoms with Crippen molar-refractivity contribution in [3.05, 3.63) is 30.4 Å². The number of pyridine rings is 1. The third-order valence-electron chi connectivity index (χ3n) is 5.29. The van der Waals surface area contributed by atoms with Gasteiger partial charge in [-0.05, 0) is 19.1 Å². The van der Waals surface area contributed by atoms with Crippen LogP contribution in [0.25, 0.3) is 22.2 Å². The Labute approximate surface area is 167 Å². The Bertz CT molecular complexity index is 1180. The smallest absolute Gasteiger partial charge is 0.224 e. The molecule has 4 aromatic rings. The van der Waals surface area contributed by atoms with Gasteiger partial charge in [0, 0.05) is 26.3 Å². The van der Waals surface area contributed by atoms with Crippen LogP contribution in [0, 0.1) is 0 Å². The van der Waals surface area contributed by atoms with Crippen LogP contribution in [-0.4, -0.2) is 55.8 Å². The summed E-state index contributed by atoms with van der Waals surface area (Å²) < 4.78 is 7.63. The predicted octanol–water partition coefficient (Wildman–Crippen LogP) is 1.83. The van der Waals surface area contributed by atoms with E-state index in [9.17, 15) is 0 Å². The number of aryl methyl sites for hydroxylation is 1. The molecule has 4 aromatic heterocycles. The predicted molar refractivity (Wildman–Crippen MR) is 112 cm³/mol. The number of H-pyrrole nitrogens is 1. The van der Waals surface area contributed by atoms with Gasteiger partial charge in [0.2, 0.25) is 5.95 Å². The van der Waals surface area contributed by atoms with Crippen LogP contribution in [-0.2, 0) is 11.8 Å². The van der Waals surface area contributed by atoms with Crippen molar-refractivity contribution in [3.8, 4) is 0 Å². The first-order valence-corrected chi connectivity index (χ1v) is 9.62. The first-order valence-electron chi connectivity index (χ1n) is 9.62. The SMILES string of the molecule is CC(Nc1nc(N)nc2nc[nH]c12)c1nc2ccn(C)c2cc1N1CCOCC1. The summed E-state index contributed by atoms with van der Waals surface area (Å²) in [6, 6.07) is 4.13. The van der Waals surface area contributed by atoms with Crippen molar-refractivity contribution in [2.75, 3.05) is 42.3 Å². The third kappa shape index (κ3) is 3.11. The zero-order chi connectivity index (χ0) is 20.0. The van der Waals surface area contributed by atoms with Gasteiger partial charge in [-0.25, -0.2) is 9.97 Å². The van der Waals surface area contributed by atoms with E-state index in [0.717, 1.165) is 41.0 Å². The Morgan fingerprint density at radius 2 is 2.07 bits per heavy atom. The molecule has 1 aliphatic rings. The summed E-state index contributed by atoms with van der Waals surface area (Å²) in [5, 5.41) is 3.45. The fourth-order valence-electron chi connectivity index (χ4n) is 3.79. The van der Waals surface area contributed by atoms with E-state index in [0.29, 0.717) is 24.7 Å². The fourth-order valence-corrected chi connectivity index (χ4v) is 3.79.